The number of alkyl halides is 3. The van der Waals surface area contributed by atoms with E-state index in [0.29, 0.717) is 12.8 Å². The second kappa shape index (κ2) is 4.38. The highest BCUT2D eigenvalue weighted by atomic mass is 19.4. The van der Waals surface area contributed by atoms with Gasteiger partial charge in [0, 0.05) is 19.0 Å². The van der Waals surface area contributed by atoms with E-state index in [1.807, 2.05) is 0 Å². The summed E-state index contributed by atoms with van der Waals surface area (Å²) >= 11 is 0. The van der Waals surface area contributed by atoms with E-state index in [0.717, 1.165) is 4.90 Å². The van der Waals surface area contributed by atoms with E-state index in [-0.39, 0.29) is 12.5 Å². The Morgan fingerprint density at radius 1 is 1.60 bits per heavy atom. The van der Waals surface area contributed by atoms with Crippen LogP contribution in [0.15, 0.2) is 0 Å². The minimum atomic E-state index is -4.43. The average Bonchev–Trinajstić information content (AvgIpc) is 2.11. The molecule has 2 atom stereocenters. The van der Waals surface area contributed by atoms with Gasteiger partial charge in [-0.15, -0.1) is 0 Å². The summed E-state index contributed by atoms with van der Waals surface area (Å²) in [5, 5.41) is 0. The standard InChI is InChI=1S/C9H15F3N2O/c1-6-3-2-4-14(8(6)15)7(5-13)9(10,11)12/h6-7H,2-5,13H2,1H3. The van der Waals surface area contributed by atoms with E-state index < -0.39 is 24.7 Å². The summed E-state index contributed by atoms with van der Waals surface area (Å²) in [7, 11) is 0. The number of nitrogens with zero attached hydrogens (tertiary/aromatic N) is 1. The number of carbonyl (C=O) groups excluding carboxylic acids is 1. The van der Waals surface area contributed by atoms with Gasteiger partial charge in [0.2, 0.25) is 5.91 Å². The van der Waals surface area contributed by atoms with Crippen LogP contribution in [0.3, 0.4) is 0 Å². The van der Waals surface area contributed by atoms with Crippen molar-refractivity contribution in [2.24, 2.45) is 11.7 Å². The lowest BCUT2D eigenvalue weighted by Gasteiger charge is -2.37. The van der Waals surface area contributed by atoms with Crippen LogP contribution in [0.25, 0.3) is 0 Å². The van der Waals surface area contributed by atoms with Crippen LogP contribution in [0.5, 0.6) is 0 Å². The summed E-state index contributed by atoms with van der Waals surface area (Å²) in [5.74, 6) is -0.760. The first-order valence-corrected chi connectivity index (χ1v) is 4.95. The molecule has 0 spiro atoms. The maximum absolute atomic E-state index is 12.5. The van der Waals surface area contributed by atoms with Crippen molar-refractivity contribution in [2.75, 3.05) is 13.1 Å². The molecular weight excluding hydrogens is 209 g/mol. The topological polar surface area (TPSA) is 46.3 Å². The summed E-state index contributed by atoms with van der Waals surface area (Å²) in [6.07, 6.45) is -3.16. The van der Waals surface area contributed by atoms with Gasteiger partial charge in [-0.05, 0) is 12.8 Å². The minimum absolute atomic E-state index is 0.157. The Kier molecular flexibility index (Phi) is 3.59. The van der Waals surface area contributed by atoms with Crippen LogP contribution >= 0.6 is 0 Å². The Labute approximate surface area is 86.4 Å². The number of halogens is 3. The largest absolute Gasteiger partial charge is 0.410 e. The molecule has 0 aliphatic carbocycles. The van der Waals surface area contributed by atoms with Crippen LogP contribution in [-0.4, -0.2) is 36.1 Å². The van der Waals surface area contributed by atoms with Crippen LogP contribution in [-0.2, 0) is 4.79 Å². The lowest BCUT2D eigenvalue weighted by Crippen LogP contribution is -2.55. The highest BCUT2D eigenvalue weighted by Crippen LogP contribution is 2.28. The Morgan fingerprint density at radius 2 is 2.20 bits per heavy atom. The van der Waals surface area contributed by atoms with Crippen molar-refractivity contribution >= 4 is 5.91 Å². The predicted molar refractivity (Wildman–Crippen MR) is 49.0 cm³/mol. The molecule has 6 heteroatoms. The zero-order valence-corrected chi connectivity index (χ0v) is 8.55. The maximum atomic E-state index is 12.5. The summed E-state index contributed by atoms with van der Waals surface area (Å²) in [6.45, 7) is 1.24. The highest BCUT2D eigenvalue weighted by molar-refractivity contribution is 5.79. The maximum Gasteiger partial charge on any atom is 0.410 e. The average molecular weight is 224 g/mol. The van der Waals surface area contributed by atoms with Crippen LogP contribution in [0.1, 0.15) is 19.8 Å². The van der Waals surface area contributed by atoms with E-state index in [9.17, 15) is 18.0 Å². The Hall–Kier alpha value is -0.780. The third-order valence-electron chi connectivity index (χ3n) is 2.72. The molecular formula is C9H15F3N2O. The molecule has 1 heterocycles. The molecule has 0 saturated carbocycles. The molecule has 1 aliphatic heterocycles. The Morgan fingerprint density at radius 3 is 2.67 bits per heavy atom. The van der Waals surface area contributed by atoms with Gasteiger partial charge in [-0.2, -0.15) is 13.2 Å². The summed E-state index contributed by atoms with van der Waals surface area (Å²) < 4.78 is 37.6. The van der Waals surface area contributed by atoms with Crippen molar-refractivity contribution in [3.8, 4) is 0 Å². The SMILES string of the molecule is CC1CCCN(C(CN)C(F)(F)F)C1=O. The van der Waals surface area contributed by atoms with Crippen LogP contribution < -0.4 is 5.73 Å². The molecule has 1 rings (SSSR count). The van der Waals surface area contributed by atoms with Crippen molar-refractivity contribution in [1.82, 2.24) is 4.90 Å². The van der Waals surface area contributed by atoms with Gasteiger partial charge in [0.05, 0.1) is 0 Å². The third kappa shape index (κ3) is 2.62. The Balaban J connectivity index is 2.80. The lowest BCUT2D eigenvalue weighted by atomic mass is 9.97. The molecule has 0 aromatic heterocycles. The molecule has 1 amide bonds. The van der Waals surface area contributed by atoms with Crippen molar-refractivity contribution in [3.05, 3.63) is 0 Å². The number of piperidine rings is 1. The van der Waals surface area contributed by atoms with Gasteiger partial charge in [-0.1, -0.05) is 6.92 Å². The molecule has 1 saturated heterocycles. The summed E-state index contributed by atoms with van der Waals surface area (Å²) in [5.41, 5.74) is 5.08. The van der Waals surface area contributed by atoms with Crippen molar-refractivity contribution < 1.29 is 18.0 Å². The van der Waals surface area contributed by atoms with Gasteiger partial charge in [-0.3, -0.25) is 4.79 Å². The number of hydrogen-bond acceptors (Lipinski definition) is 2. The summed E-state index contributed by atoms with van der Waals surface area (Å²) in [4.78, 5) is 12.4. The van der Waals surface area contributed by atoms with Crippen LogP contribution in [0.2, 0.25) is 0 Å². The second-order valence-electron chi connectivity index (χ2n) is 3.87. The molecule has 1 aliphatic rings. The molecule has 3 nitrogen and oxygen atoms in total. The quantitative estimate of drug-likeness (QED) is 0.764. The highest BCUT2D eigenvalue weighted by Gasteiger charge is 2.45. The van der Waals surface area contributed by atoms with E-state index in [4.69, 9.17) is 5.73 Å². The zero-order valence-electron chi connectivity index (χ0n) is 8.55. The number of carbonyl (C=O) groups is 1. The number of hydrogen-bond donors (Lipinski definition) is 1. The van der Waals surface area contributed by atoms with Gasteiger partial charge >= 0.3 is 6.18 Å². The monoisotopic (exact) mass is 224 g/mol. The Bertz CT molecular complexity index is 242. The van der Waals surface area contributed by atoms with E-state index in [1.54, 1.807) is 6.92 Å². The van der Waals surface area contributed by atoms with Gasteiger partial charge < -0.3 is 10.6 Å². The zero-order chi connectivity index (χ0) is 11.6. The fraction of sp³-hybridized carbons (Fsp3) is 0.889. The van der Waals surface area contributed by atoms with E-state index in [1.165, 1.54) is 0 Å². The molecule has 1 fully saturated rings. The fourth-order valence-corrected chi connectivity index (χ4v) is 1.83. The number of likely N-dealkylation sites (tertiary alicyclic amines) is 1. The lowest BCUT2D eigenvalue weighted by molar-refractivity contribution is -0.191. The van der Waals surface area contributed by atoms with Crippen molar-refractivity contribution in [1.29, 1.82) is 0 Å². The van der Waals surface area contributed by atoms with Gasteiger partial charge in [0.25, 0.3) is 0 Å². The predicted octanol–water partition coefficient (Wildman–Crippen LogP) is 1.13. The molecule has 2 unspecified atom stereocenters. The van der Waals surface area contributed by atoms with Gasteiger partial charge in [-0.25, -0.2) is 0 Å². The molecule has 88 valence electrons. The molecule has 0 aromatic rings. The van der Waals surface area contributed by atoms with Crippen LogP contribution in [0, 0.1) is 5.92 Å². The molecule has 2 N–H and O–H groups in total. The van der Waals surface area contributed by atoms with E-state index >= 15 is 0 Å². The van der Waals surface area contributed by atoms with Crippen molar-refractivity contribution in [3.63, 3.8) is 0 Å². The van der Waals surface area contributed by atoms with Crippen molar-refractivity contribution in [2.45, 2.75) is 32.0 Å². The number of amides is 1. The van der Waals surface area contributed by atoms with Gasteiger partial charge in [0.15, 0.2) is 0 Å². The third-order valence-corrected chi connectivity index (χ3v) is 2.72. The molecule has 0 bridgehead atoms. The van der Waals surface area contributed by atoms with Crippen LogP contribution in [0.4, 0.5) is 13.2 Å². The second-order valence-corrected chi connectivity index (χ2v) is 3.87. The fourth-order valence-electron chi connectivity index (χ4n) is 1.83. The number of rotatable bonds is 2. The smallest absolute Gasteiger partial charge is 0.329 e. The molecule has 15 heavy (non-hydrogen) atoms. The molecule has 0 aromatic carbocycles. The molecule has 0 radical (unpaired) electrons. The first-order valence-electron chi connectivity index (χ1n) is 4.95. The first kappa shape index (κ1) is 12.3. The minimum Gasteiger partial charge on any atom is -0.329 e. The first-order chi connectivity index (χ1) is 6.88. The summed E-state index contributed by atoms with van der Waals surface area (Å²) in [6, 6.07) is -1.83. The van der Waals surface area contributed by atoms with E-state index in [2.05, 4.69) is 0 Å². The van der Waals surface area contributed by atoms with Gasteiger partial charge in [0.1, 0.15) is 6.04 Å². The number of nitrogens with two attached hydrogens (primary N) is 1. The normalized spacial score (nSPS) is 25.5.